The monoisotopic (exact) mass is 418 g/mol. The van der Waals surface area contributed by atoms with Crippen molar-refractivity contribution in [2.75, 3.05) is 6.61 Å². The zero-order valence-electron chi connectivity index (χ0n) is 15.9. The van der Waals surface area contributed by atoms with Gasteiger partial charge in [0.1, 0.15) is 30.2 Å². The van der Waals surface area contributed by atoms with Crippen LogP contribution in [0, 0.1) is 6.92 Å². The summed E-state index contributed by atoms with van der Waals surface area (Å²) >= 11 is 0. The van der Waals surface area contributed by atoms with Gasteiger partial charge in [-0.25, -0.2) is 0 Å². The summed E-state index contributed by atoms with van der Waals surface area (Å²) in [4.78, 5) is 13.1. The molecule has 1 aliphatic heterocycles. The van der Waals surface area contributed by atoms with E-state index in [1.165, 1.54) is 18.2 Å². The average Bonchev–Trinajstić information content (AvgIpc) is 2.69. The van der Waals surface area contributed by atoms with Gasteiger partial charge in [-0.3, -0.25) is 4.79 Å². The van der Waals surface area contributed by atoms with E-state index >= 15 is 0 Å². The van der Waals surface area contributed by atoms with Crippen molar-refractivity contribution in [3.63, 3.8) is 0 Å². The van der Waals surface area contributed by atoms with Crippen LogP contribution in [0.5, 0.6) is 17.2 Å². The van der Waals surface area contributed by atoms with Crippen molar-refractivity contribution < 1.29 is 45.3 Å². The van der Waals surface area contributed by atoms with Crippen molar-refractivity contribution in [2.45, 2.75) is 43.4 Å². The van der Waals surface area contributed by atoms with Crippen molar-refractivity contribution in [3.8, 4) is 17.2 Å². The highest BCUT2D eigenvalue weighted by molar-refractivity contribution is 6.16. The summed E-state index contributed by atoms with van der Waals surface area (Å²) in [5.41, 5.74) is 0.719. The fourth-order valence-electron chi connectivity index (χ4n) is 4.43. The van der Waals surface area contributed by atoms with Gasteiger partial charge in [0.05, 0.1) is 23.8 Å². The van der Waals surface area contributed by atoms with Gasteiger partial charge in [0.15, 0.2) is 11.5 Å². The van der Waals surface area contributed by atoms with Crippen LogP contribution in [-0.2, 0) is 4.74 Å². The van der Waals surface area contributed by atoms with Crippen molar-refractivity contribution >= 4 is 5.78 Å². The molecule has 9 heteroatoms. The van der Waals surface area contributed by atoms with E-state index in [0.717, 1.165) is 0 Å². The number of aliphatic hydroxyl groups is 4. The number of aliphatic hydroxyl groups excluding tert-OH is 4. The van der Waals surface area contributed by atoms with Gasteiger partial charge in [0.25, 0.3) is 0 Å². The predicted octanol–water partition coefficient (Wildman–Crippen LogP) is -0.369. The summed E-state index contributed by atoms with van der Waals surface area (Å²) in [5, 5.41) is 71.3. The number of rotatable bonds is 2. The zero-order chi connectivity index (χ0) is 21.9. The van der Waals surface area contributed by atoms with Crippen LogP contribution in [0.25, 0.3) is 0 Å². The molecule has 0 saturated carbocycles. The molecule has 0 bridgehead atoms. The van der Waals surface area contributed by atoms with Crippen LogP contribution in [0.1, 0.15) is 38.5 Å². The molecule has 9 nitrogen and oxygen atoms in total. The van der Waals surface area contributed by atoms with Crippen molar-refractivity contribution in [2.24, 2.45) is 0 Å². The summed E-state index contributed by atoms with van der Waals surface area (Å²) in [6.07, 6.45) is -7.24. The Balaban J connectivity index is 1.98. The maximum absolute atomic E-state index is 13.1. The molecule has 1 heterocycles. The largest absolute Gasteiger partial charge is 0.507 e. The Morgan fingerprint density at radius 2 is 1.60 bits per heavy atom. The van der Waals surface area contributed by atoms with Gasteiger partial charge in [0.2, 0.25) is 5.78 Å². The van der Waals surface area contributed by atoms with E-state index in [1.807, 2.05) is 0 Å². The summed E-state index contributed by atoms with van der Waals surface area (Å²) in [7, 11) is 0. The minimum atomic E-state index is -1.64. The molecule has 1 aliphatic carbocycles. The van der Waals surface area contributed by atoms with Crippen molar-refractivity contribution in [3.05, 3.63) is 52.1 Å². The maximum Gasteiger partial charge on any atom is 0.201 e. The molecule has 7 N–H and O–H groups in total. The van der Waals surface area contributed by atoms with Gasteiger partial charge in [-0.05, 0) is 35.7 Å². The highest BCUT2D eigenvalue weighted by Gasteiger charge is 2.50. The lowest BCUT2D eigenvalue weighted by Crippen LogP contribution is -2.60. The zero-order valence-corrected chi connectivity index (χ0v) is 15.9. The topological polar surface area (TPSA) is 168 Å². The first-order valence-electron chi connectivity index (χ1n) is 9.40. The molecule has 1 fully saturated rings. The van der Waals surface area contributed by atoms with Gasteiger partial charge in [0, 0.05) is 5.92 Å². The molecular formula is C21H22O9. The van der Waals surface area contributed by atoms with Crippen LogP contribution in [0.3, 0.4) is 0 Å². The Morgan fingerprint density at radius 3 is 2.27 bits per heavy atom. The number of ketones is 1. The lowest BCUT2D eigenvalue weighted by Gasteiger charge is -2.45. The fraction of sp³-hybridized carbons (Fsp3) is 0.381. The Hall–Kier alpha value is -2.69. The molecule has 1 saturated heterocycles. The van der Waals surface area contributed by atoms with Crippen LogP contribution in [-0.4, -0.2) is 78.7 Å². The Bertz CT molecular complexity index is 1020. The summed E-state index contributed by atoms with van der Waals surface area (Å²) in [5.74, 6) is -3.25. The number of hydrogen-bond donors (Lipinski definition) is 7. The molecule has 160 valence electrons. The van der Waals surface area contributed by atoms with Crippen molar-refractivity contribution in [1.82, 2.24) is 0 Å². The number of aryl methyl sites for hydroxylation is 1. The van der Waals surface area contributed by atoms with E-state index in [0.29, 0.717) is 11.1 Å². The second kappa shape index (κ2) is 7.22. The quantitative estimate of drug-likeness (QED) is 0.322. The standard InChI is InChI=1S/C21H22O9/c1-7-4-9-13(21-20(29)19(28)17(26)12(6-22)30-21)8-2-3-10(23)16(25)15(8)18(27)14(9)11(24)5-7/h2-5,12-13,17,19-26,28-29H,6H2,1H3/t12-,13+,17+,19-,20-,21+/m0/s1. The third-order valence-corrected chi connectivity index (χ3v) is 5.86. The van der Waals surface area contributed by atoms with Crippen LogP contribution in [0.15, 0.2) is 24.3 Å². The minimum absolute atomic E-state index is 0.129. The summed E-state index contributed by atoms with van der Waals surface area (Å²) in [6, 6.07) is 5.55. The van der Waals surface area contributed by atoms with E-state index in [9.17, 15) is 40.5 Å². The molecule has 0 spiro atoms. The molecular weight excluding hydrogens is 396 g/mol. The molecule has 2 aliphatic rings. The van der Waals surface area contributed by atoms with E-state index in [2.05, 4.69) is 0 Å². The molecule has 30 heavy (non-hydrogen) atoms. The number of carbonyl (C=O) groups excluding carboxylic acids is 1. The van der Waals surface area contributed by atoms with E-state index in [1.54, 1.807) is 13.0 Å². The van der Waals surface area contributed by atoms with E-state index in [-0.39, 0.29) is 22.4 Å². The maximum atomic E-state index is 13.1. The Morgan fingerprint density at radius 1 is 0.900 bits per heavy atom. The highest BCUT2D eigenvalue weighted by atomic mass is 16.5. The number of phenols is 3. The normalized spacial score (nSPS) is 30.6. The second-order valence-corrected chi connectivity index (χ2v) is 7.75. The third kappa shape index (κ3) is 2.86. The number of phenolic OH excluding ortho intramolecular Hbond substituents is 3. The minimum Gasteiger partial charge on any atom is -0.507 e. The van der Waals surface area contributed by atoms with E-state index in [4.69, 9.17) is 4.74 Å². The molecule has 0 amide bonds. The van der Waals surface area contributed by atoms with Gasteiger partial charge < -0.3 is 40.5 Å². The molecule has 2 aromatic rings. The first-order valence-corrected chi connectivity index (χ1v) is 9.40. The first-order chi connectivity index (χ1) is 14.2. The Kier molecular flexibility index (Phi) is 4.95. The number of benzene rings is 2. The summed E-state index contributed by atoms with van der Waals surface area (Å²) < 4.78 is 5.72. The lowest BCUT2D eigenvalue weighted by atomic mass is 9.71. The number of fused-ring (bicyclic) bond motifs is 2. The van der Waals surface area contributed by atoms with E-state index < -0.39 is 60.3 Å². The highest BCUT2D eigenvalue weighted by Crippen LogP contribution is 2.49. The molecule has 4 rings (SSSR count). The average molecular weight is 418 g/mol. The van der Waals surface area contributed by atoms with Gasteiger partial charge in [-0.15, -0.1) is 0 Å². The second-order valence-electron chi connectivity index (χ2n) is 7.75. The van der Waals surface area contributed by atoms with Gasteiger partial charge >= 0.3 is 0 Å². The fourth-order valence-corrected chi connectivity index (χ4v) is 4.43. The van der Waals surface area contributed by atoms with Crippen molar-refractivity contribution in [1.29, 1.82) is 0 Å². The molecule has 0 aromatic heterocycles. The SMILES string of the molecule is Cc1cc(O)c2c(c1)[C@H]([C@H]1O[C@@H](CO)[C@@H](O)[C@H](O)[C@@H]1O)c1ccc(O)c(O)c1C2=O. The van der Waals surface area contributed by atoms with Crippen LogP contribution < -0.4 is 0 Å². The molecule has 0 unspecified atom stereocenters. The number of aromatic hydroxyl groups is 3. The number of ether oxygens (including phenoxy) is 1. The molecule has 2 aromatic carbocycles. The third-order valence-electron chi connectivity index (χ3n) is 5.86. The predicted molar refractivity (Wildman–Crippen MR) is 102 cm³/mol. The number of hydrogen-bond acceptors (Lipinski definition) is 9. The first kappa shape index (κ1) is 20.6. The van der Waals surface area contributed by atoms with Crippen LogP contribution in [0.4, 0.5) is 0 Å². The van der Waals surface area contributed by atoms with Crippen LogP contribution >= 0.6 is 0 Å². The number of carbonyl (C=O) groups is 1. The lowest BCUT2D eigenvalue weighted by molar-refractivity contribution is -0.232. The molecule has 0 radical (unpaired) electrons. The summed E-state index contributed by atoms with van der Waals surface area (Å²) in [6.45, 7) is 1.06. The van der Waals surface area contributed by atoms with Crippen LogP contribution in [0.2, 0.25) is 0 Å². The smallest absolute Gasteiger partial charge is 0.201 e. The Labute approximate surface area is 171 Å². The molecule has 6 atom stereocenters. The van der Waals surface area contributed by atoms with Gasteiger partial charge in [-0.1, -0.05) is 12.1 Å². The van der Waals surface area contributed by atoms with Gasteiger partial charge in [-0.2, -0.15) is 0 Å².